The quantitative estimate of drug-likeness (QED) is 0.911. The zero-order valence-corrected chi connectivity index (χ0v) is 15.0. The predicted molar refractivity (Wildman–Crippen MR) is 102 cm³/mol. The Morgan fingerprint density at radius 1 is 1.19 bits per heavy atom. The molecule has 0 aromatic heterocycles. The van der Waals surface area contributed by atoms with Gasteiger partial charge in [-0.1, -0.05) is 18.2 Å². The Hall–Kier alpha value is -2.56. The number of para-hydroxylation sites is 1. The molecule has 0 saturated carbocycles. The number of carbonyl (C=O) groups is 1. The maximum Gasteiger partial charge on any atom is 0.322 e. The maximum atomic E-state index is 13.1. The number of hydrogen-bond donors (Lipinski definition) is 1. The Balaban J connectivity index is 1.33. The Labute approximate surface area is 153 Å². The van der Waals surface area contributed by atoms with E-state index in [0.717, 1.165) is 37.3 Å². The standard InChI is InChI=1S/C21H24FN3O/c1-15-12-17-4-2-3-5-20(17)25(15)21(26)23-13-16-10-11-24(14-16)19-8-6-18(22)7-9-19/h2-9,15-16H,10-14H2,1H3,(H,23,26). The molecule has 0 bridgehead atoms. The van der Waals surface area contributed by atoms with Crippen molar-refractivity contribution in [2.45, 2.75) is 25.8 Å². The average molecular weight is 353 g/mol. The molecule has 4 rings (SSSR count). The summed E-state index contributed by atoms with van der Waals surface area (Å²) in [5, 5.41) is 3.12. The van der Waals surface area contributed by atoms with Crippen molar-refractivity contribution in [3.63, 3.8) is 0 Å². The fraction of sp³-hybridized carbons (Fsp3) is 0.381. The zero-order chi connectivity index (χ0) is 18.1. The van der Waals surface area contributed by atoms with E-state index in [1.54, 1.807) is 0 Å². The van der Waals surface area contributed by atoms with Crippen molar-refractivity contribution in [2.75, 3.05) is 29.4 Å². The van der Waals surface area contributed by atoms with Gasteiger partial charge in [0, 0.05) is 37.1 Å². The molecule has 2 aromatic rings. The lowest BCUT2D eigenvalue weighted by molar-refractivity contribution is 0.243. The van der Waals surface area contributed by atoms with Crippen molar-refractivity contribution in [2.24, 2.45) is 5.92 Å². The molecule has 2 unspecified atom stereocenters. The van der Waals surface area contributed by atoms with Crippen molar-refractivity contribution < 1.29 is 9.18 Å². The van der Waals surface area contributed by atoms with Gasteiger partial charge in [-0.25, -0.2) is 9.18 Å². The van der Waals surface area contributed by atoms with E-state index in [0.29, 0.717) is 12.5 Å². The third-order valence-corrected chi connectivity index (χ3v) is 5.45. The number of amides is 2. The minimum Gasteiger partial charge on any atom is -0.371 e. The smallest absolute Gasteiger partial charge is 0.322 e. The van der Waals surface area contributed by atoms with Gasteiger partial charge < -0.3 is 10.2 Å². The Morgan fingerprint density at radius 3 is 2.77 bits per heavy atom. The molecule has 2 aliphatic rings. The summed E-state index contributed by atoms with van der Waals surface area (Å²) in [7, 11) is 0. The first-order valence-electron chi connectivity index (χ1n) is 9.27. The number of rotatable bonds is 3. The second-order valence-corrected chi connectivity index (χ2v) is 7.32. The van der Waals surface area contributed by atoms with E-state index in [2.05, 4.69) is 23.2 Å². The van der Waals surface area contributed by atoms with Crippen molar-refractivity contribution in [1.82, 2.24) is 5.32 Å². The highest BCUT2D eigenvalue weighted by Crippen LogP contribution is 2.31. The molecule has 2 aliphatic heterocycles. The van der Waals surface area contributed by atoms with Gasteiger partial charge in [0.15, 0.2) is 0 Å². The van der Waals surface area contributed by atoms with Gasteiger partial charge >= 0.3 is 6.03 Å². The number of anilines is 2. The van der Waals surface area contributed by atoms with E-state index in [-0.39, 0.29) is 17.9 Å². The summed E-state index contributed by atoms with van der Waals surface area (Å²) < 4.78 is 13.1. The second-order valence-electron chi connectivity index (χ2n) is 7.32. The fourth-order valence-electron chi connectivity index (χ4n) is 4.08. The summed E-state index contributed by atoms with van der Waals surface area (Å²) in [6.07, 6.45) is 1.94. The van der Waals surface area contributed by atoms with E-state index in [9.17, 15) is 9.18 Å². The summed E-state index contributed by atoms with van der Waals surface area (Å²) >= 11 is 0. The number of nitrogens with one attached hydrogen (secondary N) is 1. The maximum absolute atomic E-state index is 13.1. The fourth-order valence-corrected chi connectivity index (χ4v) is 4.08. The molecule has 0 radical (unpaired) electrons. The molecule has 1 N–H and O–H groups in total. The first kappa shape index (κ1) is 16.9. The van der Waals surface area contributed by atoms with Crippen LogP contribution in [0.15, 0.2) is 48.5 Å². The molecule has 2 atom stereocenters. The number of hydrogen-bond acceptors (Lipinski definition) is 2. The normalized spacial score (nSPS) is 21.8. The largest absolute Gasteiger partial charge is 0.371 e. The average Bonchev–Trinajstić information content (AvgIpc) is 3.24. The molecular formula is C21H24FN3O. The molecule has 0 spiro atoms. The van der Waals surface area contributed by atoms with E-state index < -0.39 is 0 Å². The number of fused-ring (bicyclic) bond motifs is 1. The highest BCUT2D eigenvalue weighted by atomic mass is 19.1. The molecule has 5 heteroatoms. The highest BCUT2D eigenvalue weighted by Gasteiger charge is 2.31. The van der Waals surface area contributed by atoms with Crippen LogP contribution in [-0.2, 0) is 6.42 Å². The van der Waals surface area contributed by atoms with Crippen LogP contribution in [0.5, 0.6) is 0 Å². The molecule has 2 amide bonds. The van der Waals surface area contributed by atoms with Crippen LogP contribution in [0.3, 0.4) is 0 Å². The van der Waals surface area contributed by atoms with E-state index >= 15 is 0 Å². The van der Waals surface area contributed by atoms with Gasteiger partial charge in [0.2, 0.25) is 0 Å². The molecule has 2 aromatic carbocycles. The van der Waals surface area contributed by atoms with E-state index in [1.807, 2.05) is 35.2 Å². The van der Waals surface area contributed by atoms with Gasteiger partial charge in [-0.2, -0.15) is 0 Å². The Bertz CT molecular complexity index is 792. The van der Waals surface area contributed by atoms with Crippen molar-refractivity contribution in [3.8, 4) is 0 Å². The van der Waals surface area contributed by atoms with Crippen LogP contribution in [0, 0.1) is 11.7 Å². The monoisotopic (exact) mass is 353 g/mol. The molecule has 2 heterocycles. The van der Waals surface area contributed by atoms with Gasteiger partial charge in [-0.3, -0.25) is 4.90 Å². The van der Waals surface area contributed by atoms with Gasteiger partial charge in [0.1, 0.15) is 5.82 Å². The lowest BCUT2D eigenvalue weighted by atomic mass is 10.1. The summed E-state index contributed by atoms with van der Waals surface area (Å²) in [5.41, 5.74) is 3.30. The number of halogens is 1. The minimum absolute atomic E-state index is 0.0114. The minimum atomic E-state index is -0.211. The van der Waals surface area contributed by atoms with Crippen molar-refractivity contribution >= 4 is 17.4 Å². The summed E-state index contributed by atoms with van der Waals surface area (Å²) in [5.74, 6) is 0.203. The van der Waals surface area contributed by atoms with Crippen LogP contribution in [0.2, 0.25) is 0 Å². The lowest BCUT2D eigenvalue weighted by Crippen LogP contribution is -2.45. The molecule has 0 aliphatic carbocycles. The molecule has 26 heavy (non-hydrogen) atoms. The second kappa shape index (κ2) is 6.98. The van der Waals surface area contributed by atoms with Crippen LogP contribution in [-0.4, -0.2) is 31.7 Å². The Morgan fingerprint density at radius 2 is 1.96 bits per heavy atom. The number of benzene rings is 2. The highest BCUT2D eigenvalue weighted by molar-refractivity contribution is 5.94. The van der Waals surface area contributed by atoms with Gasteiger partial charge in [0.05, 0.1) is 0 Å². The molecule has 4 nitrogen and oxygen atoms in total. The van der Waals surface area contributed by atoms with Crippen LogP contribution >= 0.6 is 0 Å². The first-order chi connectivity index (χ1) is 12.6. The number of nitrogens with zero attached hydrogens (tertiary/aromatic N) is 2. The van der Waals surface area contributed by atoms with E-state index in [1.165, 1.54) is 17.7 Å². The van der Waals surface area contributed by atoms with Gasteiger partial charge in [-0.05, 0) is 61.6 Å². The van der Waals surface area contributed by atoms with Crippen LogP contribution in [0.1, 0.15) is 18.9 Å². The predicted octanol–water partition coefficient (Wildman–Crippen LogP) is 3.81. The van der Waals surface area contributed by atoms with Gasteiger partial charge in [0.25, 0.3) is 0 Å². The summed E-state index contributed by atoms with van der Waals surface area (Å²) in [6.45, 7) is 4.58. The Kier molecular flexibility index (Phi) is 4.53. The van der Waals surface area contributed by atoms with Crippen LogP contribution < -0.4 is 15.1 Å². The van der Waals surface area contributed by atoms with Crippen molar-refractivity contribution in [3.05, 3.63) is 59.9 Å². The molecule has 1 saturated heterocycles. The zero-order valence-electron chi connectivity index (χ0n) is 15.0. The first-order valence-corrected chi connectivity index (χ1v) is 9.27. The molecular weight excluding hydrogens is 329 g/mol. The lowest BCUT2D eigenvalue weighted by Gasteiger charge is -2.24. The molecule has 136 valence electrons. The number of carbonyl (C=O) groups excluding carboxylic acids is 1. The van der Waals surface area contributed by atoms with E-state index in [4.69, 9.17) is 0 Å². The van der Waals surface area contributed by atoms with Crippen LogP contribution in [0.25, 0.3) is 0 Å². The SMILES string of the molecule is CC1Cc2ccccc2N1C(=O)NCC1CCN(c2ccc(F)cc2)C1. The summed E-state index contributed by atoms with van der Waals surface area (Å²) in [4.78, 5) is 16.9. The third kappa shape index (κ3) is 3.26. The molecule has 1 fully saturated rings. The van der Waals surface area contributed by atoms with Crippen molar-refractivity contribution in [1.29, 1.82) is 0 Å². The summed E-state index contributed by atoms with van der Waals surface area (Å²) in [6, 6.07) is 14.9. The topological polar surface area (TPSA) is 35.6 Å². The van der Waals surface area contributed by atoms with Gasteiger partial charge in [-0.15, -0.1) is 0 Å². The number of urea groups is 1. The third-order valence-electron chi connectivity index (χ3n) is 5.45. The van der Waals surface area contributed by atoms with Crippen LogP contribution in [0.4, 0.5) is 20.6 Å².